The van der Waals surface area contributed by atoms with Crippen LogP contribution in [0.1, 0.15) is 40.1 Å². The number of nitro benzene ring substituents is 1. The minimum atomic E-state index is -0.660. The van der Waals surface area contributed by atoms with Gasteiger partial charge in [-0.25, -0.2) is 9.59 Å². The number of nitrogens with zero attached hydrogens (tertiary/aromatic N) is 2. The fourth-order valence-corrected chi connectivity index (χ4v) is 3.84. The molecule has 1 aliphatic rings. The largest absolute Gasteiger partial charge is 0.462 e. The van der Waals surface area contributed by atoms with E-state index in [2.05, 4.69) is 0 Å². The van der Waals surface area contributed by atoms with Crippen molar-refractivity contribution in [2.24, 2.45) is 0 Å². The molecule has 9 heteroatoms. The molecule has 0 aromatic heterocycles. The van der Waals surface area contributed by atoms with Gasteiger partial charge in [0.05, 0.1) is 53.7 Å². The summed E-state index contributed by atoms with van der Waals surface area (Å²) in [5.41, 5.74) is 1.40. The lowest BCUT2D eigenvalue weighted by atomic mass is 9.88. The second kappa shape index (κ2) is 10.2. The molecule has 2 aromatic rings. The number of carbonyl (C=O) groups excluding carboxylic acids is 2. The Bertz CT molecular complexity index is 1030. The Balaban J connectivity index is 2.43. The molecule has 1 aliphatic heterocycles. The van der Waals surface area contributed by atoms with Crippen LogP contribution in [0, 0.1) is 17.0 Å². The third-order valence-corrected chi connectivity index (χ3v) is 5.18. The summed E-state index contributed by atoms with van der Waals surface area (Å²) in [7, 11) is 0. The molecule has 170 valence electrons. The van der Waals surface area contributed by atoms with Crippen LogP contribution in [0.25, 0.3) is 11.1 Å². The first kappa shape index (κ1) is 23.2. The van der Waals surface area contributed by atoms with E-state index in [1.165, 1.54) is 18.2 Å². The lowest BCUT2D eigenvalue weighted by molar-refractivity contribution is -0.384. The number of ether oxygens (including phenoxy) is 3. The van der Waals surface area contributed by atoms with Gasteiger partial charge in [-0.15, -0.1) is 0 Å². The van der Waals surface area contributed by atoms with Gasteiger partial charge >= 0.3 is 11.9 Å². The average Bonchev–Trinajstić information content (AvgIpc) is 2.79. The predicted octanol–water partition coefficient (Wildman–Crippen LogP) is 3.76. The van der Waals surface area contributed by atoms with E-state index in [4.69, 9.17) is 14.2 Å². The van der Waals surface area contributed by atoms with Gasteiger partial charge in [0.15, 0.2) is 0 Å². The number of nitro groups is 1. The Morgan fingerprint density at radius 1 is 1.06 bits per heavy atom. The molecule has 0 saturated carbocycles. The molecule has 32 heavy (non-hydrogen) atoms. The molecule has 0 bridgehead atoms. The normalized spacial score (nSPS) is 13.5. The molecular formula is C23H26N2O7. The van der Waals surface area contributed by atoms with E-state index >= 15 is 0 Å². The number of morpholine rings is 1. The van der Waals surface area contributed by atoms with Gasteiger partial charge in [0.25, 0.3) is 5.69 Å². The number of para-hydroxylation sites is 1. The van der Waals surface area contributed by atoms with Crippen molar-refractivity contribution in [1.82, 2.24) is 0 Å². The number of benzene rings is 2. The number of esters is 2. The Hall–Kier alpha value is -3.46. The molecule has 3 rings (SSSR count). The monoisotopic (exact) mass is 442 g/mol. The summed E-state index contributed by atoms with van der Waals surface area (Å²) in [4.78, 5) is 39.5. The minimum absolute atomic E-state index is 0.108. The van der Waals surface area contributed by atoms with E-state index < -0.39 is 16.9 Å². The zero-order chi connectivity index (χ0) is 23.3. The Morgan fingerprint density at radius 3 is 2.25 bits per heavy atom. The van der Waals surface area contributed by atoms with Crippen molar-refractivity contribution in [3.63, 3.8) is 0 Å². The van der Waals surface area contributed by atoms with Gasteiger partial charge in [-0.3, -0.25) is 10.1 Å². The molecule has 0 atom stereocenters. The standard InChI is InChI=1S/C23H26N2O7/c1-4-31-22(26)19-15(3)14-18(24-10-12-30-13-11-24)21(23(27)32-5-2)20(19)16-8-6-7-9-17(16)25(28)29/h6-9,14H,4-5,10-13H2,1-3H3. The van der Waals surface area contributed by atoms with Gasteiger partial charge < -0.3 is 19.1 Å². The molecule has 1 saturated heterocycles. The van der Waals surface area contributed by atoms with Crippen molar-refractivity contribution < 1.29 is 28.7 Å². The van der Waals surface area contributed by atoms with Crippen LogP contribution in [0.5, 0.6) is 0 Å². The molecule has 0 N–H and O–H groups in total. The summed E-state index contributed by atoms with van der Waals surface area (Å²) in [6.07, 6.45) is 0. The van der Waals surface area contributed by atoms with Crippen LogP contribution >= 0.6 is 0 Å². The van der Waals surface area contributed by atoms with E-state index in [9.17, 15) is 19.7 Å². The fraction of sp³-hybridized carbons (Fsp3) is 0.391. The van der Waals surface area contributed by atoms with Crippen LogP contribution in [0.3, 0.4) is 0 Å². The first-order chi connectivity index (χ1) is 15.4. The fourth-order valence-electron chi connectivity index (χ4n) is 3.84. The Kier molecular flexibility index (Phi) is 7.42. The third kappa shape index (κ3) is 4.57. The summed E-state index contributed by atoms with van der Waals surface area (Å²) in [5.74, 6) is -1.31. The maximum atomic E-state index is 13.2. The molecule has 0 spiro atoms. The summed E-state index contributed by atoms with van der Waals surface area (Å²) in [6.45, 7) is 7.31. The van der Waals surface area contributed by atoms with Crippen molar-refractivity contribution in [1.29, 1.82) is 0 Å². The van der Waals surface area contributed by atoms with Crippen molar-refractivity contribution in [3.8, 4) is 11.1 Å². The van der Waals surface area contributed by atoms with Crippen molar-refractivity contribution in [3.05, 3.63) is 57.1 Å². The first-order valence-electron chi connectivity index (χ1n) is 10.5. The topological polar surface area (TPSA) is 108 Å². The highest BCUT2D eigenvalue weighted by atomic mass is 16.6. The number of carbonyl (C=O) groups is 2. The first-order valence-corrected chi connectivity index (χ1v) is 10.5. The summed E-state index contributed by atoms with van der Waals surface area (Å²) in [5, 5.41) is 11.8. The van der Waals surface area contributed by atoms with Crippen molar-refractivity contribution >= 4 is 23.3 Å². The predicted molar refractivity (Wildman–Crippen MR) is 118 cm³/mol. The van der Waals surface area contributed by atoms with Crippen LogP contribution in [-0.2, 0) is 14.2 Å². The maximum Gasteiger partial charge on any atom is 0.340 e. The molecule has 0 radical (unpaired) electrons. The van der Waals surface area contributed by atoms with Gasteiger partial charge in [-0.05, 0) is 38.5 Å². The van der Waals surface area contributed by atoms with Gasteiger partial charge in [-0.1, -0.05) is 12.1 Å². The third-order valence-electron chi connectivity index (χ3n) is 5.18. The van der Waals surface area contributed by atoms with E-state index in [0.717, 1.165) is 0 Å². The summed E-state index contributed by atoms with van der Waals surface area (Å²) in [6, 6.07) is 7.77. The highest BCUT2D eigenvalue weighted by Crippen LogP contribution is 2.41. The number of hydrogen-bond acceptors (Lipinski definition) is 8. The molecule has 9 nitrogen and oxygen atoms in total. The SMILES string of the molecule is CCOC(=O)c1c(C)cc(N2CCOCC2)c(C(=O)OCC)c1-c1ccccc1[N+](=O)[O-]. The van der Waals surface area contributed by atoms with Crippen molar-refractivity contribution in [2.75, 3.05) is 44.4 Å². The molecular weight excluding hydrogens is 416 g/mol. The van der Waals surface area contributed by atoms with Gasteiger partial charge in [0, 0.05) is 24.7 Å². The van der Waals surface area contributed by atoms with Gasteiger partial charge in [-0.2, -0.15) is 0 Å². The quantitative estimate of drug-likeness (QED) is 0.362. The summed E-state index contributed by atoms with van der Waals surface area (Å²) >= 11 is 0. The van der Waals surface area contributed by atoms with Crippen LogP contribution < -0.4 is 4.90 Å². The van der Waals surface area contributed by atoms with Gasteiger partial charge in [0.1, 0.15) is 0 Å². The zero-order valence-electron chi connectivity index (χ0n) is 18.4. The van der Waals surface area contributed by atoms with Crippen LogP contribution in [0.4, 0.5) is 11.4 Å². The zero-order valence-corrected chi connectivity index (χ0v) is 18.4. The number of aryl methyl sites for hydroxylation is 1. The van der Waals surface area contributed by atoms with E-state index in [-0.39, 0.29) is 41.2 Å². The number of anilines is 1. The summed E-state index contributed by atoms with van der Waals surface area (Å²) < 4.78 is 16.0. The lowest BCUT2D eigenvalue weighted by Crippen LogP contribution is -2.37. The lowest BCUT2D eigenvalue weighted by Gasteiger charge is -2.32. The van der Waals surface area contributed by atoms with E-state index in [1.54, 1.807) is 32.9 Å². The maximum absolute atomic E-state index is 13.2. The minimum Gasteiger partial charge on any atom is -0.462 e. The average molecular weight is 442 g/mol. The molecule has 2 aromatic carbocycles. The van der Waals surface area contributed by atoms with E-state index in [1.807, 2.05) is 4.90 Å². The molecule has 0 unspecified atom stereocenters. The molecule has 1 fully saturated rings. The van der Waals surface area contributed by atoms with Crippen molar-refractivity contribution in [2.45, 2.75) is 20.8 Å². The molecule has 1 heterocycles. The van der Waals surface area contributed by atoms with Crippen LogP contribution in [-0.4, -0.2) is 56.4 Å². The second-order valence-electron chi connectivity index (χ2n) is 7.15. The van der Waals surface area contributed by atoms with Gasteiger partial charge in [0.2, 0.25) is 0 Å². The molecule has 0 aliphatic carbocycles. The Labute approximate surface area is 186 Å². The number of rotatable bonds is 7. The van der Waals surface area contributed by atoms with E-state index in [0.29, 0.717) is 37.6 Å². The highest BCUT2D eigenvalue weighted by molar-refractivity contribution is 6.11. The highest BCUT2D eigenvalue weighted by Gasteiger charge is 2.33. The smallest absolute Gasteiger partial charge is 0.340 e. The molecule has 0 amide bonds. The Morgan fingerprint density at radius 2 is 1.66 bits per heavy atom. The van der Waals surface area contributed by atoms with Crippen LogP contribution in [0.2, 0.25) is 0 Å². The second-order valence-corrected chi connectivity index (χ2v) is 7.15. The number of hydrogen-bond donors (Lipinski definition) is 0. The van der Waals surface area contributed by atoms with Crippen LogP contribution in [0.15, 0.2) is 30.3 Å².